The summed E-state index contributed by atoms with van der Waals surface area (Å²) < 4.78 is 45.9. The number of amides is 2. The number of ether oxygens (including phenoxy) is 1. The highest BCUT2D eigenvalue weighted by molar-refractivity contribution is 7.89. The van der Waals surface area contributed by atoms with Crippen LogP contribution in [0, 0.1) is 5.82 Å². The minimum Gasteiger partial charge on any atom is -0.495 e. The van der Waals surface area contributed by atoms with E-state index in [0.29, 0.717) is 21.7 Å². The average Bonchev–Trinajstić information content (AvgIpc) is 2.95. The van der Waals surface area contributed by atoms with E-state index in [9.17, 15) is 32.0 Å². The van der Waals surface area contributed by atoms with Crippen LogP contribution in [0.5, 0.6) is 5.75 Å². The number of carbonyl (C=O) groups is 3. The van der Waals surface area contributed by atoms with Crippen LogP contribution in [0.1, 0.15) is 39.2 Å². The van der Waals surface area contributed by atoms with Crippen molar-refractivity contribution in [2.75, 3.05) is 18.7 Å². The molecule has 2 N–H and O–H groups in total. The second-order valence-electron chi connectivity index (χ2n) is 9.84. The SMILES string of the molecule is COc1cn([C@@H](Cc2ccccc2)C(=O)Nc2ccc(C(=O)NS(C)(=O)=O)c(F)c2)c(=O)cc1-c1cc(Cl)ccc1C(C)=O. The molecule has 0 spiro atoms. The molecule has 0 aliphatic heterocycles. The van der Waals surface area contributed by atoms with Crippen LogP contribution in [0.2, 0.25) is 5.02 Å². The van der Waals surface area contributed by atoms with Crippen molar-refractivity contribution in [3.63, 3.8) is 0 Å². The summed E-state index contributed by atoms with van der Waals surface area (Å²) in [4.78, 5) is 51.7. The molecule has 0 bridgehead atoms. The third-order valence-electron chi connectivity index (χ3n) is 6.58. The number of sulfonamides is 1. The molecule has 3 aromatic carbocycles. The van der Waals surface area contributed by atoms with Crippen LogP contribution < -0.4 is 20.3 Å². The molecule has 10 nitrogen and oxygen atoms in total. The first kappa shape index (κ1) is 32.1. The van der Waals surface area contributed by atoms with E-state index < -0.39 is 44.8 Å². The second-order valence-corrected chi connectivity index (χ2v) is 12.0. The Balaban J connectivity index is 1.75. The van der Waals surface area contributed by atoms with Crippen LogP contribution in [-0.2, 0) is 21.2 Å². The van der Waals surface area contributed by atoms with E-state index in [4.69, 9.17) is 16.3 Å². The number of nitrogens with one attached hydrogen (secondary N) is 2. The Labute approximate surface area is 257 Å². The van der Waals surface area contributed by atoms with Crippen molar-refractivity contribution in [2.45, 2.75) is 19.4 Å². The van der Waals surface area contributed by atoms with Gasteiger partial charge in [0.25, 0.3) is 11.5 Å². The number of pyridine rings is 1. The van der Waals surface area contributed by atoms with Gasteiger partial charge in [0, 0.05) is 34.3 Å². The summed E-state index contributed by atoms with van der Waals surface area (Å²) in [5.41, 5.74) is 0.538. The highest BCUT2D eigenvalue weighted by Crippen LogP contribution is 2.34. The number of aromatic nitrogens is 1. The third-order valence-corrected chi connectivity index (χ3v) is 7.38. The zero-order chi connectivity index (χ0) is 32.2. The number of methoxy groups -OCH3 is 1. The molecule has 1 heterocycles. The molecule has 13 heteroatoms. The van der Waals surface area contributed by atoms with Gasteiger partial charge in [-0.25, -0.2) is 17.5 Å². The van der Waals surface area contributed by atoms with E-state index in [0.717, 1.165) is 24.0 Å². The fraction of sp³-hybridized carbons (Fsp3) is 0.161. The number of hydrogen-bond acceptors (Lipinski definition) is 7. The lowest BCUT2D eigenvalue weighted by Gasteiger charge is -2.22. The van der Waals surface area contributed by atoms with Crippen LogP contribution in [0.15, 0.2) is 83.8 Å². The van der Waals surface area contributed by atoms with Crippen molar-refractivity contribution in [1.82, 2.24) is 9.29 Å². The predicted molar refractivity (Wildman–Crippen MR) is 164 cm³/mol. The zero-order valence-electron chi connectivity index (χ0n) is 23.8. The van der Waals surface area contributed by atoms with Gasteiger partial charge in [-0.2, -0.15) is 0 Å². The third kappa shape index (κ3) is 7.57. The minimum absolute atomic E-state index is 0.0388. The molecule has 4 aromatic rings. The van der Waals surface area contributed by atoms with E-state index in [1.165, 1.54) is 36.9 Å². The van der Waals surface area contributed by atoms with E-state index >= 15 is 0 Å². The molecular weight excluding hydrogens is 613 g/mol. The van der Waals surface area contributed by atoms with Gasteiger partial charge in [-0.15, -0.1) is 0 Å². The van der Waals surface area contributed by atoms with Crippen molar-refractivity contribution in [2.24, 2.45) is 0 Å². The van der Waals surface area contributed by atoms with Gasteiger partial charge in [-0.3, -0.25) is 23.7 Å². The maximum absolute atomic E-state index is 14.8. The quantitative estimate of drug-likeness (QED) is 0.241. The van der Waals surface area contributed by atoms with Gasteiger partial charge in [0.1, 0.15) is 17.6 Å². The summed E-state index contributed by atoms with van der Waals surface area (Å²) in [5.74, 6) is -3.00. The van der Waals surface area contributed by atoms with Gasteiger partial charge in [0.2, 0.25) is 15.9 Å². The largest absolute Gasteiger partial charge is 0.495 e. The molecule has 4 rings (SSSR count). The first-order valence-corrected chi connectivity index (χ1v) is 15.3. The van der Waals surface area contributed by atoms with Gasteiger partial charge >= 0.3 is 0 Å². The van der Waals surface area contributed by atoms with Crippen LogP contribution in [0.3, 0.4) is 0 Å². The van der Waals surface area contributed by atoms with Gasteiger partial charge in [0.05, 0.1) is 25.1 Å². The number of benzene rings is 3. The number of hydrogen-bond donors (Lipinski definition) is 2. The number of ketones is 1. The summed E-state index contributed by atoms with van der Waals surface area (Å²) >= 11 is 6.20. The fourth-order valence-electron chi connectivity index (χ4n) is 4.57. The van der Waals surface area contributed by atoms with Gasteiger partial charge in [-0.1, -0.05) is 41.9 Å². The fourth-order valence-corrected chi connectivity index (χ4v) is 5.19. The van der Waals surface area contributed by atoms with Crippen molar-refractivity contribution in [3.05, 3.63) is 117 Å². The van der Waals surface area contributed by atoms with Gasteiger partial charge in [0.15, 0.2) is 5.78 Å². The van der Waals surface area contributed by atoms with Gasteiger partial charge in [-0.05, 0) is 54.4 Å². The Kier molecular flexibility index (Phi) is 9.65. The van der Waals surface area contributed by atoms with Crippen LogP contribution in [-0.4, -0.2) is 43.9 Å². The molecule has 0 saturated carbocycles. The monoisotopic (exact) mass is 639 g/mol. The second kappa shape index (κ2) is 13.2. The summed E-state index contributed by atoms with van der Waals surface area (Å²) in [6.07, 6.45) is 2.17. The standard InChI is InChI=1S/C31H27ClFN3O7S/c1-18(37)22-11-9-20(32)14-24(22)25-16-29(38)36(17-28(25)43-2)27(13-19-7-5-4-6-8-19)31(40)34-21-10-12-23(26(33)15-21)30(39)35-44(3,41)42/h4-12,14-17,27H,13H2,1-3H3,(H,34,40)(H,35,39)/t27-/m0/s1. The number of anilines is 1. The van der Waals surface area contributed by atoms with Crippen LogP contribution in [0.4, 0.5) is 10.1 Å². The van der Waals surface area contributed by atoms with Crippen molar-refractivity contribution < 1.29 is 31.9 Å². The maximum atomic E-state index is 14.8. The summed E-state index contributed by atoms with van der Waals surface area (Å²) in [6.45, 7) is 1.38. The van der Waals surface area contributed by atoms with Crippen molar-refractivity contribution in [3.8, 4) is 16.9 Å². The first-order chi connectivity index (χ1) is 20.8. The molecule has 228 valence electrons. The lowest BCUT2D eigenvalue weighted by Crippen LogP contribution is -2.34. The smallest absolute Gasteiger partial charge is 0.267 e. The zero-order valence-corrected chi connectivity index (χ0v) is 25.3. The predicted octanol–water partition coefficient (Wildman–Crippen LogP) is 4.63. The minimum atomic E-state index is -3.93. The molecule has 0 unspecified atom stereocenters. The summed E-state index contributed by atoms with van der Waals surface area (Å²) in [6, 6.07) is 16.8. The normalized spacial score (nSPS) is 11.8. The molecule has 0 fully saturated rings. The van der Waals surface area contributed by atoms with E-state index in [1.807, 2.05) is 0 Å². The van der Waals surface area contributed by atoms with Crippen molar-refractivity contribution in [1.29, 1.82) is 0 Å². The first-order valence-electron chi connectivity index (χ1n) is 13.0. The molecule has 0 aliphatic rings. The lowest BCUT2D eigenvalue weighted by atomic mass is 9.97. The molecule has 0 radical (unpaired) electrons. The lowest BCUT2D eigenvalue weighted by molar-refractivity contribution is -0.119. The Morgan fingerprint density at radius 1 is 0.977 bits per heavy atom. The van der Waals surface area contributed by atoms with E-state index in [2.05, 4.69) is 5.32 Å². The molecular formula is C31H27ClFN3O7S. The van der Waals surface area contributed by atoms with Crippen LogP contribution in [0.25, 0.3) is 11.1 Å². The van der Waals surface area contributed by atoms with Crippen LogP contribution >= 0.6 is 11.6 Å². The molecule has 0 aliphatic carbocycles. The van der Waals surface area contributed by atoms with Gasteiger partial charge < -0.3 is 10.1 Å². The number of Topliss-reactive ketones (excluding diaryl/α,β-unsaturated/α-hetero) is 1. The number of halogens is 2. The molecule has 44 heavy (non-hydrogen) atoms. The molecule has 0 saturated heterocycles. The topological polar surface area (TPSA) is 141 Å². The molecule has 2 amide bonds. The Morgan fingerprint density at radius 2 is 1.66 bits per heavy atom. The Bertz CT molecular complexity index is 1930. The Morgan fingerprint density at radius 3 is 2.27 bits per heavy atom. The summed E-state index contributed by atoms with van der Waals surface area (Å²) in [7, 11) is -2.55. The summed E-state index contributed by atoms with van der Waals surface area (Å²) in [5, 5.41) is 2.90. The average molecular weight is 640 g/mol. The molecule has 1 atom stereocenters. The number of rotatable bonds is 10. The number of carbonyl (C=O) groups excluding carboxylic acids is 3. The Hall–Kier alpha value is -4.81. The van der Waals surface area contributed by atoms with E-state index in [1.54, 1.807) is 53.3 Å². The number of nitrogens with zero attached hydrogens (tertiary/aromatic N) is 1. The maximum Gasteiger partial charge on any atom is 0.267 e. The highest BCUT2D eigenvalue weighted by atomic mass is 35.5. The van der Waals surface area contributed by atoms with E-state index in [-0.39, 0.29) is 23.6 Å². The van der Waals surface area contributed by atoms with Crippen molar-refractivity contribution >= 4 is 44.9 Å². The molecule has 1 aromatic heterocycles. The highest BCUT2D eigenvalue weighted by Gasteiger charge is 2.26.